The van der Waals surface area contributed by atoms with Crippen molar-refractivity contribution in [3.8, 4) is 0 Å². The number of hydrogen-bond donors (Lipinski definition) is 0. The fraction of sp³-hybridized carbons (Fsp3) is 0.500. The lowest BCUT2D eigenvalue weighted by Gasteiger charge is -2.37. The van der Waals surface area contributed by atoms with E-state index in [-0.39, 0.29) is 0 Å². The van der Waals surface area contributed by atoms with E-state index in [1.807, 2.05) is 0 Å². The predicted molar refractivity (Wildman–Crippen MR) is 53.4 cm³/mol. The van der Waals surface area contributed by atoms with Gasteiger partial charge in [0.1, 0.15) is 0 Å². The van der Waals surface area contributed by atoms with Gasteiger partial charge in [0.25, 0.3) is 0 Å². The van der Waals surface area contributed by atoms with Crippen LogP contribution in [0.15, 0.2) is 24.3 Å². The van der Waals surface area contributed by atoms with Gasteiger partial charge >= 0.3 is 9.08 Å². The molecular formula is C8H13F3Si2. The summed E-state index contributed by atoms with van der Waals surface area (Å²) in [6.07, 6.45) is 5.76. The average Bonchev–Trinajstić information content (AvgIpc) is 2.28. The fourth-order valence-corrected chi connectivity index (χ4v) is 6.75. The van der Waals surface area contributed by atoms with Crippen molar-refractivity contribution < 1.29 is 12.3 Å². The van der Waals surface area contributed by atoms with E-state index in [1.54, 1.807) is 19.6 Å². The summed E-state index contributed by atoms with van der Waals surface area (Å²) in [7, 11) is -7.87. The maximum absolute atomic E-state index is 13.0. The minimum absolute atomic E-state index is 1.35. The van der Waals surface area contributed by atoms with Gasteiger partial charge in [-0.3, -0.25) is 0 Å². The fourth-order valence-electron chi connectivity index (χ4n) is 1.58. The Hall–Kier alpha value is -0.296. The van der Waals surface area contributed by atoms with Gasteiger partial charge in [0.2, 0.25) is 0 Å². The molecule has 0 radical (unpaired) electrons. The summed E-state index contributed by atoms with van der Waals surface area (Å²) in [5.41, 5.74) is 0. The maximum atomic E-state index is 13.0. The van der Waals surface area contributed by atoms with Crippen LogP contribution in [-0.2, 0) is 0 Å². The molecule has 0 saturated carbocycles. The molecule has 0 aromatic rings. The van der Waals surface area contributed by atoms with Gasteiger partial charge in [-0.15, -0.1) is 0 Å². The van der Waals surface area contributed by atoms with Crippen LogP contribution < -0.4 is 0 Å². The molecule has 0 aliphatic heterocycles. The smallest absolute Gasteiger partial charge is 0.237 e. The summed E-state index contributed by atoms with van der Waals surface area (Å²) in [4.78, 5) is 0. The molecule has 1 aliphatic carbocycles. The predicted octanol–water partition coefficient (Wildman–Crippen LogP) is 3.58. The monoisotopic (exact) mass is 222 g/mol. The Morgan fingerprint density at radius 2 is 1.31 bits per heavy atom. The van der Waals surface area contributed by atoms with Crippen LogP contribution in [0, 0.1) is 0 Å². The normalized spacial score (nSPS) is 21.1. The van der Waals surface area contributed by atoms with E-state index in [1.165, 1.54) is 24.3 Å². The lowest BCUT2D eigenvalue weighted by molar-refractivity contribution is 0.450. The second-order valence-corrected chi connectivity index (χ2v) is 12.0. The summed E-state index contributed by atoms with van der Waals surface area (Å²) in [6, 6.07) is 0. The summed E-state index contributed by atoms with van der Waals surface area (Å²) in [5.74, 6) is 0. The van der Waals surface area contributed by atoms with E-state index in [0.717, 1.165) is 0 Å². The quantitative estimate of drug-likeness (QED) is 0.495. The molecule has 0 nitrogen and oxygen atoms in total. The summed E-state index contributed by atoms with van der Waals surface area (Å²) >= 11 is 0. The first kappa shape index (κ1) is 10.8. The molecule has 0 heterocycles. The molecule has 0 spiro atoms. The standard InChI is InChI=1S/C8H13F3Si2/c1-12(2,3)8(13(9,10)11)6-4-5-7-8/h4-7H,1-3H3. The third-order valence-electron chi connectivity index (χ3n) is 2.54. The van der Waals surface area contributed by atoms with E-state index in [4.69, 9.17) is 0 Å². The zero-order chi connectivity index (χ0) is 10.3. The van der Waals surface area contributed by atoms with Crippen LogP contribution >= 0.6 is 0 Å². The minimum atomic E-state index is -5.62. The van der Waals surface area contributed by atoms with Gasteiger partial charge in [0, 0.05) is 0 Å². The molecule has 74 valence electrons. The Labute approximate surface area is 78.7 Å². The largest absolute Gasteiger partial charge is 0.627 e. The van der Waals surface area contributed by atoms with Crippen molar-refractivity contribution in [2.45, 2.75) is 24.3 Å². The van der Waals surface area contributed by atoms with Gasteiger partial charge in [0.05, 0.1) is 12.7 Å². The Morgan fingerprint density at radius 3 is 1.46 bits per heavy atom. The molecule has 0 unspecified atom stereocenters. The van der Waals surface area contributed by atoms with Crippen LogP contribution in [0.2, 0.25) is 24.3 Å². The van der Waals surface area contributed by atoms with Gasteiger partial charge in [0.15, 0.2) is 0 Å². The van der Waals surface area contributed by atoms with Crippen LogP contribution in [0.1, 0.15) is 0 Å². The first-order valence-corrected chi connectivity index (χ1v) is 9.28. The van der Waals surface area contributed by atoms with Crippen LogP contribution in [0.4, 0.5) is 12.3 Å². The molecule has 1 aliphatic rings. The molecule has 0 N–H and O–H groups in total. The van der Waals surface area contributed by atoms with Crippen LogP contribution in [-0.4, -0.2) is 17.1 Å². The highest BCUT2D eigenvalue weighted by Gasteiger charge is 2.64. The maximum Gasteiger partial charge on any atom is 0.627 e. The second-order valence-electron chi connectivity index (χ2n) is 4.34. The topological polar surface area (TPSA) is 0 Å². The van der Waals surface area contributed by atoms with Gasteiger partial charge in [-0.2, -0.15) is 0 Å². The van der Waals surface area contributed by atoms with Gasteiger partial charge in [-0.05, 0) is 0 Å². The molecule has 13 heavy (non-hydrogen) atoms. The summed E-state index contributed by atoms with van der Waals surface area (Å²) < 4.78 is 37.4. The molecule has 0 amide bonds. The number of halogens is 3. The van der Waals surface area contributed by atoms with Gasteiger partial charge in [-0.25, -0.2) is 12.3 Å². The van der Waals surface area contributed by atoms with Crippen molar-refractivity contribution in [3.05, 3.63) is 24.3 Å². The molecule has 0 saturated heterocycles. The lowest BCUT2D eigenvalue weighted by Crippen LogP contribution is -2.49. The average molecular weight is 222 g/mol. The van der Waals surface area contributed by atoms with Crippen molar-refractivity contribution >= 4 is 17.1 Å². The van der Waals surface area contributed by atoms with Crippen molar-refractivity contribution in [2.24, 2.45) is 0 Å². The van der Waals surface area contributed by atoms with Gasteiger partial charge < -0.3 is 0 Å². The van der Waals surface area contributed by atoms with Crippen LogP contribution in [0.3, 0.4) is 0 Å². The Morgan fingerprint density at radius 1 is 0.923 bits per heavy atom. The SMILES string of the molecule is C[Si](C)(C)C1([Si](F)(F)F)C=CC=C1. The second kappa shape index (κ2) is 2.85. The number of rotatable bonds is 2. The lowest BCUT2D eigenvalue weighted by atomic mass is 10.4. The highest BCUT2D eigenvalue weighted by molar-refractivity contribution is 6.94. The van der Waals surface area contributed by atoms with E-state index in [2.05, 4.69) is 0 Å². The summed E-state index contributed by atoms with van der Waals surface area (Å²) in [5, 5.41) is 0. The molecule has 0 bridgehead atoms. The Balaban J connectivity index is 3.19. The van der Waals surface area contributed by atoms with E-state index in [9.17, 15) is 12.3 Å². The molecule has 5 heteroatoms. The summed E-state index contributed by atoms with van der Waals surface area (Å²) in [6.45, 7) is 5.31. The van der Waals surface area contributed by atoms with Crippen molar-refractivity contribution in [2.75, 3.05) is 0 Å². The van der Waals surface area contributed by atoms with E-state index in [0.29, 0.717) is 0 Å². The number of hydrogen-bond acceptors (Lipinski definition) is 0. The van der Waals surface area contributed by atoms with Crippen molar-refractivity contribution in [1.82, 2.24) is 0 Å². The molecule has 1 rings (SSSR count). The first-order chi connectivity index (χ1) is 5.71. The first-order valence-electron chi connectivity index (χ1n) is 4.14. The van der Waals surface area contributed by atoms with Crippen molar-refractivity contribution in [1.29, 1.82) is 0 Å². The number of allylic oxidation sites excluding steroid dienone is 4. The van der Waals surface area contributed by atoms with E-state index >= 15 is 0 Å². The highest BCUT2D eigenvalue weighted by Crippen LogP contribution is 2.53. The molecule has 0 aromatic heterocycles. The molecule has 0 atom stereocenters. The molecule has 0 aromatic carbocycles. The minimum Gasteiger partial charge on any atom is -0.237 e. The van der Waals surface area contributed by atoms with Crippen LogP contribution in [0.5, 0.6) is 0 Å². The van der Waals surface area contributed by atoms with Crippen LogP contribution in [0.25, 0.3) is 0 Å². The highest BCUT2D eigenvalue weighted by atomic mass is 28.5. The van der Waals surface area contributed by atoms with E-state index < -0.39 is 21.8 Å². The van der Waals surface area contributed by atoms with Crippen molar-refractivity contribution in [3.63, 3.8) is 0 Å². The zero-order valence-corrected chi connectivity index (χ0v) is 9.94. The third kappa shape index (κ3) is 1.55. The molecule has 0 fully saturated rings. The molecular weight excluding hydrogens is 209 g/mol. The zero-order valence-electron chi connectivity index (χ0n) is 7.94. The Kier molecular flexibility index (Phi) is 2.36. The Bertz CT molecular complexity index is 230. The third-order valence-corrected chi connectivity index (χ3v) is 9.73. The van der Waals surface area contributed by atoms with Gasteiger partial charge in [-0.1, -0.05) is 43.9 Å².